The number of hydrogen-bond acceptors (Lipinski definition) is 2. The van der Waals surface area contributed by atoms with Crippen molar-refractivity contribution in [3.05, 3.63) is 74.4 Å². The Bertz CT molecular complexity index is 927. The lowest BCUT2D eigenvalue weighted by Crippen LogP contribution is -2.46. The van der Waals surface area contributed by atoms with Gasteiger partial charge in [0.25, 0.3) is 5.91 Å². The molecule has 0 bridgehead atoms. The molecule has 0 aromatic heterocycles. The third-order valence-electron chi connectivity index (χ3n) is 4.16. The highest BCUT2D eigenvalue weighted by molar-refractivity contribution is 9.10. The highest BCUT2D eigenvalue weighted by Gasteiger charge is 2.32. The van der Waals surface area contributed by atoms with Crippen molar-refractivity contribution in [2.45, 2.75) is 19.9 Å². The van der Waals surface area contributed by atoms with Gasteiger partial charge in [-0.15, -0.1) is 0 Å². The first-order chi connectivity index (χ1) is 12.4. The van der Waals surface area contributed by atoms with Gasteiger partial charge in [0.2, 0.25) is 0 Å². The molecule has 134 valence electrons. The summed E-state index contributed by atoms with van der Waals surface area (Å²) in [5.74, 6) is -0.310. The molecule has 2 aromatic carbocycles. The topological polar surface area (TPSA) is 70.2 Å². The quantitative estimate of drug-likeness (QED) is 0.656. The number of anilines is 1. The molecule has 1 atom stereocenters. The normalized spacial score (nSPS) is 16.8. The summed E-state index contributed by atoms with van der Waals surface area (Å²) in [7, 11) is 0. The van der Waals surface area contributed by atoms with E-state index in [0.29, 0.717) is 22.0 Å². The van der Waals surface area contributed by atoms with E-state index in [9.17, 15) is 9.59 Å². The molecule has 1 heterocycles. The second-order valence-electron chi connectivity index (χ2n) is 6.01. The first-order valence-electron chi connectivity index (χ1n) is 7.97. The molecular weight excluding hydrogens is 418 g/mol. The van der Waals surface area contributed by atoms with E-state index >= 15 is 0 Å². The standard InChI is InChI=1S/C19H17BrClN3O2/c1-10-7-8-12(9-15(10)21)23-18(25)16-11(2)22-19(26)24-17(16)13-5-3-4-6-14(13)20/h3-9,17H,1-2H3,(H,23,25)(H2,22,24,26). The van der Waals surface area contributed by atoms with Gasteiger partial charge < -0.3 is 16.0 Å². The van der Waals surface area contributed by atoms with Crippen molar-refractivity contribution in [2.24, 2.45) is 0 Å². The Labute approximate surface area is 164 Å². The van der Waals surface area contributed by atoms with Crippen LogP contribution in [0.4, 0.5) is 10.5 Å². The highest BCUT2D eigenvalue weighted by Crippen LogP contribution is 2.32. The van der Waals surface area contributed by atoms with E-state index in [4.69, 9.17) is 11.6 Å². The number of hydrogen-bond donors (Lipinski definition) is 3. The number of rotatable bonds is 3. The molecule has 26 heavy (non-hydrogen) atoms. The van der Waals surface area contributed by atoms with E-state index in [1.165, 1.54) is 0 Å². The molecule has 0 radical (unpaired) electrons. The second-order valence-corrected chi connectivity index (χ2v) is 7.27. The number of allylic oxidation sites excluding steroid dienone is 1. The molecule has 0 aliphatic carbocycles. The van der Waals surface area contributed by atoms with Gasteiger partial charge in [-0.05, 0) is 43.2 Å². The summed E-state index contributed by atoms with van der Waals surface area (Å²) in [5, 5.41) is 8.91. The minimum absolute atomic E-state index is 0.310. The molecule has 0 spiro atoms. The maximum atomic E-state index is 13.0. The first kappa shape index (κ1) is 18.5. The summed E-state index contributed by atoms with van der Waals surface area (Å²) >= 11 is 9.63. The van der Waals surface area contributed by atoms with Crippen molar-refractivity contribution in [3.8, 4) is 0 Å². The predicted octanol–water partition coefficient (Wildman–Crippen LogP) is 4.68. The average Bonchev–Trinajstić information content (AvgIpc) is 2.57. The molecule has 5 nitrogen and oxygen atoms in total. The van der Waals surface area contributed by atoms with Crippen LogP contribution in [0.25, 0.3) is 0 Å². The zero-order valence-corrected chi connectivity index (χ0v) is 16.5. The summed E-state index contributed by atoms with van der Waals surface area (Å²) < 4.78 is 0.809. The maximum Gasteiger partial charge on any atom is 0.319 e. The van der Waals surface area contributed by atoms with Crippen LogP contribution in [0.15, 0.2) is 58.2 Å². The van der Waals surface area contributed by atoms with Crippen molar-refractivity contribution < 1.29 is 9.59 Å². The minimum Gasteiger partial charge on any atom is -0.327 e. The molecule has 3 rings (SSSR count). The van der Waals surface area contributed by atoms with Crippen LogP contribution in [-0.4, -0.2) is 11.9 Å². The Hall–Kier alpha value is -2.31. The van der Waals surface area contributed by atoms with Crippen LogP contribution >= 0.6 is 27.5 Å². The van der Waals surface area contributed by atoms with E-state index < -0.39 is 6.04 Å². The third kappa shape index (κ3) is 3.76. The van der Waals surface area contributed by atoms with Gasteiger partial charge in [-0.1, -0.05) is 51.8 Å². The number of urea groups is 1. The van der Waals surface area contributed by atoms with Crippen LogP contribution in [0.2, 0.25) is 5.02 Å². The fourth-order valence-electron chi connectivity index (χ4n) is 2.81. The van der Waals surface area contributed by atoms with Crippen molar-refractivity contribution in [1.29, 1.82) is 0 Å². The summed E-state index contributed by atoms with van der Waals surface area (Å²) in [6.07, 6.45) is 0. The van der Waals surface area contributed by atoms with Gasteiger partial charge in [0.05, 0.1) is 11.6 Å². The van der Waals surface area contributed by atoms with Crippen LogP contribution in [-0.2, 0) is 4.79 Å². The Morgan fingerprint density at radius 3 is 2.62 bits per heavy atom. The van der Waals surface area contributed by atoms with Crippen molar-refractivity contribution in [2.75, 3.05) is 5.32 Å². The lowest BCUT2D eigenvalue weighted by Gasteiger charge is -2.29. The van der Waals surface area contributed by atoms with Gasteiger partial charge in [0.1, 0.15) is 0 Å². The fraction of sp³-hybridized carbons (Fsp3) is 0.158. The van der Waals surface area contributed by atoms with Crippen LogP contribution in [0.1, 0.15) is 24.1 Å². The van der Waals surface area contributed by atoms with Gasteiger partial charge in [-0.3, -0.25) is 4.79 Å². The largest absolute Gasteiger partial charge is 0.327 e. The zero-order chi connectivity index (χ0) is 18.8. The van der Waals surface area contributed by atoms with Gasteiger partial charge >= 0.3 is 6.03 Å². The van der Waals surface area contributed by atoms with Crippen molar-refractivity contribution in [1.82, 2.24) is 10.6 Å². The molecule has 1 unspecified atom stereocenters. The molecule has 0 fully saturated rings. The number of amides is 3. The number of carbonyl (C=O) groups excluding carboxylic acids is 2. The van der Waals surface area contributed by atoms with E-state index in [0.717, 1.165) is 15.6 Å². The second kappa shape index (κ2) is 7.51. The van der Waals surface area contributed by atoms with Crippen LogP contribution < -0.4 is 16.0 Å². The molecule has 7 heteroatoms. The Morgan fingerprint density at radius 2 is 1.92 bits per heavy atom. The maximum absolute atomic E-state index is 13.0. The summed E-state index contributed by atoms with van der Waals surface area (Å²) in [5.41, 5.74) is 3.26. The minimum atomic E-state index is -0.569. The average molecular weight is 435 g/mol. The van der Waals surface area contributed by atoms with E-state index in [-0.39, 0.29) is 11.9 Å². The molecule has 3 N–H and O–H groups in total. The van der Waals surface area contributed by atoms with Gasteiger partial charge in [0.15, 0.2) is 0 Å². The molecule has 2 aromatic rings. The van der Waals surface area contributed by atoms with E-state index in [2.05, 4.69) is 31.9 Å². The summed E-state index contributed by atoms with van der Waals surface area (Å²) in [6.45, 7) is 3.60. The summed E-state index contributed by atoms with van der Waals surface area (Å²) in [4.78, 5) is 24.9. The number of carbonyl (C=O) groups is 2. The Kier molecular flexibility index (Phi) is 5.34. The van der Waals surface area contributed by atoms with E-state index in [1.807, 2.05) is 37.3 Å². The number of halogens is 2. The molecule has 0 saturated heterocycles. The monoisotopic (exact) mass is 433 g/mol. The van der Waals surface area contributed by atoms with Gasteiger partial charge in [-0.2, -0.15) is 0 Å². The molecular formula is C19H17BrClN3O2. The van der Waals surface area contributed by atoms with Gasteiger partial charge in [0, 0.05) is 20.9 Å². The SMILES string of the molecule is CC1=C(C(=O)Nc2ccc(C)c(Cl)c2)C(c2ccccc2Br)NC(=O)N1. The first-order valence-corrected chi connectivity index (χ1v) is 9.14. The van der Waals surface area contributed by atoms with Crippen molar-refractivity contribution >= 4 is 45.2 Å². The molecule has 0 saturated carbocycles. The van der Waals surface area contributed by atoms with Crippen molar-refractivity contribution in [3.63, 3.8) is 0 Å². The highest BCUT2D eigenvalue weighted by atomic mass is 79.9. The van der Waals surface area contributed by atoms with E-state index in [1.54, 1.807) is 19.1 Å². The molecule has 1 aliphatic rings. The number of nitrogens with one attached hydrogen (secondary N) is 3. The smallest absolute Gasteiger partial charge is 0.319 e. The Balaban J connectivity index is 1.97. The molecule has 3 amide bonds. The molecule has 1 aliphatic heterocycles. The predicted molar refractivity (Wildman–Crippen MR) is 106 cm³/mol. The fourth-order valence-corrected chi connectivity index (χ4v) is 3.50. The lowest BCUT2D eigenvalue weighted by molar-refractivity contribution is -0.113. The zero-order valence-electron chi connectivity index (χ0n) is 14.2. The number of benzene rings is 2. The van der Waals surface area contributed by atoms with Gasteiger partial charge in [-0.25, -0.2) is 4.79 Å². The number of aryl methyl sites for hydroxylation is 1. The Morgan fingerprint density at radius 1 is 1.19 bits per heavy atom. The van der Waals surface area contributed by atoms with Crippen LogP contribution in [0.3, 0.4) is 0 Å². The lowest BCUT2D eigenvalue weighted by atomic mass is 9.95. The summed E-state index contributed by atoms with van der Waals surface area (Å²) in [6, 6.07) is 11.9. The van der Waals surface area contributed by atoms with Crippen LogP contribution in [0.5, 0.6) is 0 Å². The third-order valence-corrected chi connectivity index (χ3v) is 5.29. The van der Waals surface area contributed by atoms with Crippen LogP contribution in [0, 0.1) is 6.92 Å².